The smallest absolute Gasteiger partial charge is 0.0898 e. The molecule has 0 aliphatic carbocycles. The average molecular weight is 218 g/mol. The van der Waals surface area contributed by atoms with Crippen LogP contribution in [0.15, 0.2) is 12.4 Å². The van der Waals surface area contributed by atoms with Gasteiger partial charge in [-0.25, -0.2) is 0 Å². The Morgan fingerprint density at radius 2 is 1.79 bits per heavy atom. The van der Waals surface area contributed by atoms with Crippen LogP contribution in [0.4, 0.5) is 0 Å². The Bertz CT molecular complexity index is 194. The third-order valence-corrected chi connectivity index (χ3v) is 2.25. The van der Waals surface area contributed by atoms with Gasteiger partial charge in [0, 0.05) is 24.5 Å². The molecule has 0 fully saturated rings. The van der Waals surface area contributed by atoms with Crippen LogP contribution in [0.5, 0.6) is 0 Å². The Hall–Kier alpha value is -0.370. The number of halogens is 1. The van der Waals surface area contributed by atoms with E-state index in [1.807, 2.05) is 0 Å². The van der Waals surface area contributed by atoms with E-state index in [1.54, 1.807) is 0 Å². The fourth-order valence-corrected chi connectivity index (χ4v) is 1.49. The Morgan fingerprint density at radius 3 is 2.14 bits per heavy atom. The maximum absolute atomic E-state index is 2.37. The van der Waals surface area contributed by atoms with Gasteiger partial charge in [-0.05, 0) is 26.7 Å². The molecule has 84 valence electrons. The van der Waals surface area contributed by atoms with Crippen LogP contribution in [0, 0.1) is 5.92 Å². The van der Waals surface area contributed by atoms with Gasteiger partial charge in [-0.3, -0.25) is 0 Å². The molecule has 0 aromatic rings. The minimum absolute atomic E-state index is 0. The van der Waals surface area contributed by atoms with Gasteiger partial charge in [0.1, 0.15) is 0 Å². The largest absolute Gasteiger partial charge is 1.00 e. The third kappa shape index (κ3) is 3.79. The van der Waals surface area contributed by atoms with Crippen molar-refractivity contribution in [2.24, 2.45) is 5.92 Å². The van der Waals surface area contributed by atoms with Crippen molar-refractivity contribution < 1.29 is 12.4 Å². The summed E-state index contributed by atoms with van der Waals surface area (Å²) in [5, 5.41) is 0. The van der Waals surface area contributed by atoms with Crippen molar-refractivity contribution in [3.63, 3.8) is 0 Å². The fourth-order valence-electron chi connectivity index (χ4n) is 1.49. The molecule has 0 saturated carbocycles. The highest BCUT2D eigenvalue weighted by Crippen LogP contribution is 2.19. The summed E-state index contributed by atoms with van der Waals surface area (Å²) in [6.07, 6.45) is 4.40. The first-order valence-electron chi connectivity index (χ1n) is 5.08. The van der Waals surface area contributed by atoms with Crippen LogP contribution in [0.25, 0.3) is 0 Å². The minimum atomic E-state index is 0. The Kier molecular flexibility index (Phi) is 4.79. The molecule has 14 heavy (non-hydrogen) atoms. The normalized spacial score (nSPS) is 16.4. The topological polar surface area (TPSA) is 6.48 Å². The Morgan fingerprint density at radius 1 is 1.21 bits per heavy atom. The molecular weight excluding hydrogens is 196 g/mol. The fraction of sp³-hybridized carbons (Fsp3) is 0.818. The van der Waals surface area contributed by atoms with Gasteiger partial charge < -0.3 is 22.2 Å². The molecule has 0 unspecified atom stereocenters. The highest BCUT2D eigenvalue weighted by atomic mass is 35.5. The van der Waals surface area contributed by atoms with Crippen molar-refractivity contribution in [1.29, 1.82) is 0 Å². The second kappa shape index (κ2) is 4.92. The average Bonchev–Trinajstić information content (AvgIpc) is 2.32. The zero-order valence-corrected chi connectivity index (χ0v) is 10.7. The van der Waals surface area contributed by atoms with Gasteiger partial charge in [-0.1, -0.05) is 13.8 Å². The van der Waals surface area contributed by atoms with Crippen molar-refractivity contribution in [1.82, 2.24) is 9.80 Å². The molecule has 0 aromatic carbocycles. The zero-order chi connectivity index (χ0) is 10.1. The molecule has 1 aliphatic rings. The Balaban J connectivity index is 0.00000169. The van der Waals surface area contributed by atoms with E-state index >= 15 is 0 Å². The molecule has 2 nitrogen and oxygen atoms in total. The molecule has 0 spiro atoms. The van der Waals surface area contributed by atoms with E-state index in [9.17, 15) is 0 Å². The molecule has 0 bridgehead atoms. The summed E-state index contributed by atoms with van der Waals surface area (Å²) >= 11 is 0. The first-order chi connectivity index (χ1) is 5.89. The van der Waals surface area contributed by atoms with E-state index in [1.165, 1.54) is 0 Å². The number of rotatable bonds is 2. The monoisotopic (exact) mass is 217 g/mol. The lowest BCUT2D eigenvalue weighted by molar-refractivity contribution is -0.00000392. The lowest BCUT2D eigenvalue weighted by Crippen LogP contribution is -3.00. The highest BCUT2D eigenvalue weighted by molar-refractivity contribution is 4.96. The lowest BCUT2D eigenvalue weighted by atomic mass is 10.1. The summed E-state index contributed by atoms with van der Waals surface area (Å²) in [5.41, 5.74) is 0.252. The molecule has 0 N–H and O–H groups in total. The zero-order valence-electron chi connectivity index (χ0n) is 9.92. The summed E-state index contributed by atoms with van der Waals surface area (Å²) < 4.78 is 0. The van der Waals surface area contributed by atoms with Crippen LogP contribution in [-0.4, -0.2) is 28.6 Å². The maximum Gasteiger partial charge on any atom is 0.0898 e. The first kappa shape index (κ1) is 13.6. The second-order valence-corrected chi connectivity index (χ2v) is 5.25. The molecule has 0 radical (unpaired) electrons. The summed E-state index contributed by atoms with van der Waals surface area (Å²) in [4.78, 5) is 4.74. The number of hydrogen-bond donors (Lipinski definition) is 0. The van der Waals surface area contributed by atoms with Crippen LogP contribution < -0.4 is 12.4 Å². The van der Waals surface area contributed by atoms with Crippen LogP contribution >= 0.6 is 0 Å². The predicted octanol–water partition coefficient (Wildman–Crippen LogP) is -0.509. The first-order valence-corrected chi connectivity index (χ1v) is 5.08. The molecule has 3 heteroatoms. The van der Waals surface area contributed by atoms with Gasteiger partial charge in [0.05, 0.1) is 6.67 Å². The van der Waals surface area contributed by atoms with Crippen LogP contribution in [0.2, 0.25) is 0 Å². The van der Waals surface area contributed by atoms with E-state index in [2.05, 4.69) is 56.8 Å². The predicted molar refractivity (Wildman–Crippen MR) is 57.1 cm³/mol. The van der Waals surface area contributed by atoms with Crippen molar-refractivity contribution in [2.45, 2.75) is 40.2 Å². The van der Waals surface area contributed by atoms with Crippen molar-refractivity contribution in [3.8, 4) is 0 Å². The molecule has 1 heterocycles. The van der Waals surface area contributed by atoms with E-state index in [0.29, 0.717) is 0 Å². The van der Waals surface area contributed by atoms with Gasteiger partial charge in [0.2, 0.25) is 0 Å². The molecule has 1 rings (SSSR count). The van der Waals surface area contributed by atoms with Crippen molar-refractivity contribution in [3.05, 3.63) is 12.4 Å². The van der Waals surface area contributed by atoms with Gasteiger partial charge in [0.25, 0.3) is 0 Å². The van der Waals surface area contributed by atoms with E-state index in [4.69, 9.17) is 0 Å². The van der Waals surface area contributed by atoms with E-state index in [0.717, 1.165) is 19.1 Å². The van der Waals surface area contributed by atoms with Crippen LogP contribution in [0.1, 0.15) is 34.6 Å². The van der Waals surface area contributed by atoms with Crippen molar-refractivity contribution >= 4 is 0 Å². The van der Waals surface area contributed by atoms with Crippen LogP contribution in [-0.2, 0) is 0 Å². The lowest BCUT2D eigenvalue weighted by Gasteiger charge is -2.33. The highest BCUT2D eigenvalue weighted by Gasteiger charge is 2.23. The minimum Gasteiger partial charge on any atom is -1.00 e. The summed E-state index contributed by atoms with van der Waals surface area (Å²) in [5.74, 6) is 0.740. The van der Waals surface area contributed by atoms with E-state index in [-0.39, 0.29) is 17.9 Å². The SMILES string of the molecule is CC(C)CN1C=CN(C(C)(C)C)C1.[Cl-]. The maximum atomic E-state index is 2.37. The summed E-state index contributed by atoms with van der Waals surface area (Å²) in [7, 11) is 0. The molecule has 0 amide bonds. The molecule has 0 atom stereocenters. The van der Waals surface area contributed by atoms with Crippen molar-refractivity contribution in [2.75, 3.05) is 13.2 Å². The second-order valence-electron chi connectivity index (χ2n) is 5.25. The van der Waals surface area contributed by atoms with Crippen LogP contribution in [0.3, 0.4) is 0 Å². The van der Waals surface area contributed by atoms with Gasteiger partial charge in [-0.15, -0.1) is 0 Å². The standard InChI is InChI=1S/C11H22N2.ClH/c1-10(2)8-12-6-7-13(9-12)11(3,4)5;/h6-7,10H,8-9H2,1-5H3;1H/p-1. The van der Waals surface area contributed by atoms with Gasteiger partial charge in [-0.2, -0.15) is 0 Å². The van der Waals surface area contributed by atoms with Gasteiger partial charge >= 0.3 is 0 Å². The molecule has 0 aromatic heterocycles. The summed E-state index contributed by atoms with van der Waals surface area (Å²) in [6, 6.07) is 0. The van der Waals surface area contributed by atoms with Gasteiger partial charge in [0.15, 0.2) is 0 Å². The number of hydrogen-bond acceptors (Lipinski definition) is 2. The molecular formula is C11H22ClN2-. The summed E-state index contributed by atoms with van der Waals surface area (Å²) in [6.45, 7) is 13.5. The quantitative estimate of drug-likeness (QED) is 0.615. The Labute approximate surface area is 94.4 Å². The molecule has 0 saturated heterocycles. The number of nitrogens with zero attached hydrogens (tertiary/aromatic N) is 2. The van der Waals surface area contributed by atoms with E-state index < -0.39 is 0 Å². The third-order valence-electron chi connectivity index (χ3n) is 2.25. The molecule has 1 aliphatic heterocycles.